The monoisotopic (exact) mass is 387 g/mol. The number of hydrogen-bond acceptors (Lipinski definition) is 4. The van der Waals surface area contributed by atoms with Gasteiger partial charge in [0, 0.05) is 11.9 Å². The van der Waals surface area contributed by atoms with Gasteiger partial charge < -0.3 is 15.4 Å². The third-order valence-corrected chi connectivity index (χ3v) is 4.40. The van der Waals surface area contributed by atoms with Crippen LogP contribution in [0.2, 0.25) is 10.0 Å². The SMILES string of the molecule is COc1ccc(Nc2cncc(C(=O)Nc3cccc(Cl)c3Cl)c2)cc1. The average molecular weight is 388 g/mol. The van der Waals surface area contributed by atoms with Crippen LogP contribution in [0.25, 0.3) is 0 Å². The first-order valence-corrected chi connectivity index (χ1v) is 8.44. The van der Waals surface area contributed by atoms with Crippen molar-refractivity contribution in [1.29, 1.82) is 0 Å². The van der Waals surface area contributed by atoms with E-state index < -0.39 is 0 Å². The van der Waals surface area contributed by atoms with E-state index in [1.165, 1.54) is 6.20 Å². The number of pyridine rings is 1. The van der Waals surface area contributed by atoms with Crippen LogP contribution in [0.3, 0.4) is 0 Å². The summed E-state index contributed by atoms with van der Waals surface area (Å²) < 4.78 is 5.13. The predicted octanol–water partition coefficient (Wildman–Crippen LogP) is 5.39. The molecule has 0 unspecified atom stereocenters. The Kier molecular flexibility index (Phi) is 5.61. The molecule has 0 radical (unpaired) electrons. The lowest BCUT2D eigenvalue weighted by molar-refractivity contribution is 0.102. The zero-order valence-corrected chi connectivity index (χ0v) is 15.3. The van der Waals surface area contributed by atoms with Crippen LogP contribution >= 0.6 is 23.2 Å². The van der Waals surface area contributed by atoms with Crippen LogP contribution in [-0.4, -0.2) is 18.0 Å². The molecule has 0 aliphatic heterocycles. The van der Waals surface area contributed by atoms with Gasteiger partial charge in [-0.25, -0.2) is 0 Å². The van der Waals surface area contributed by atoms with E-state index in [4.69, 9.17) is 27.9 Å². The quantitative estimate of drug-likeness (QED) is 0.615. The Morgan fingerprint density at radius 2 is 1.81 bits per heavy atom. The minimum atomic E-state index is -0.333. The van der Waals surface area contributed by atoms with Crippen molar-refractivity contribution in [1.82, 2.24) is 4.98 Å². The molecule has 0 saturated heterocycles. The Morgan fingerprint density at radius 3 is 2.54 bits per heavy atom. The molecule has 7 heteroatoms. The number of anilines is 3. The maximum Gasteiger partial charge on any atom is 0.257 e. The van der Waals surface area contributed by atoms with Crippen molar-refractivity contribution in [3.8, 4) is 5.75 Å². The molecule has 26 heavy (non-hydrogen) atoms. The molecule has 3 rings (SSSR count). The van der Waals surface area contributed by atoms with Gasteiger partial charge >= 0.3 is 0 Å². The number of nitrogens with one attached hydrogen (secondary N) is 2. The first-order chi connectivity index (χ1) is 12.6. The topological polar surface area (TPSA) is 63.2 Å². The van der Waals surface area contributed by atoms with Crippen LogP contribution in [0.15, 0.2) is 60.9 Å². The molecule has 3 aromatic rings. The summed E-state index contributed by atoms with van der Waals surface area (Å²) in [6, 6.07) is 14.2. The van der Waals surface area contributed by atoms with E-state index >= 15 is 0 Å². The molecule has 1 aromatic heterocycles. The molecule has 0 fully saturated rings. The molecule has 2 aromatic carbocycles. The molecule has 132 valence electrons. The molecule has 5 nitrogen and oxygen atoms in total. The fourth-order valence-electron chi connectivity index (χ4n) is 2.27. The van der Waals surface area contributed by atoms with Gasteiger partial charge in [0.05, 0.1) is 40.3 Å². The Balaban J connectivity index is 1.75. The Morgan fingerprint density at radius 1 is 1.04 bits per heavy atom. The second-order valence-corrected chi connectivity index (χ2v) is 6.16. The molecule has 0 atom stereocenters. The molecule has 1 heterocycles. The highest BCUT2D eigenvalue weighted by Crippen LogP contribution is 2.30. The van der Waals surface area contributed by atoms with E-state index in [-0.39, 0.29) is 5.91 Å². The van der Waals surface area contributed by atoms with Crippen LogP contribution in [0.1, 0.15) is 10.4 Å². The molecule has 0 aliphatic carbocycles. The maximum atomic E-state index is 12.5. The number of ether oxygens (including phenoxy) is 1. The van der Waals surface area contributed by atoms with Gasteiger partial charge in [-0.1, -0.05) is 29.3 Å². The van der Waals surface area contributed by atoms with Gasteiger partial charge in [0.15, 0.2) is 0 Å². The van der Waals surface area contributed by atoms with Crippen molar-refractivity contribution in [2.75, 3.05) is 17.7 Å². The highest BCUT2D eigenvalue weighted by atomic mass is 35.5. The van der Waals surface area contributed by atoms with E-state index in [1.54, 1.807) is 37.6 Å². The first-order valence-electron chi connectivity index (χ1n) is 7.68. The van der Waals surface area contributed by atoms with E-state index in [2.05, 4.69) is 15.6 Å². The highest BCUT2D eigenvalue weighted by molar-refractivity contribution is 6.44. The molecule has 0 saturated carbocycles. The van der Waals surface area contributed by atoms with Gasteiger partial charge in [0.1, 0.15) is 5.75 Å². The number of carbonyl (C=O) groups excluding carboxylic acids is 1. The minimum Gasteiger partial charge on any atom is -0.497 e. The van der Waals surface area contributed by atoms with Crippen LogP contribution in [0.5, 0.6) is 5.75 Å². The lowest BCUT2D eigenvalue weighted by Gasteiger charge is -2.10. The van der Waals surface area contributed by atoms with E-state index in [1.807, 2.05) is 24.3 Å². The first kappa shape index (κ1) is 18.0. The smallest absolute Gasteiger partial charge is 0.257 e. The second-order valence-electron chi connectivity index (χ2n) is 5.37. The van der Waals surface area contributed by atoms with Gasteiger partial charge in [-0.2, -0.15) is 0 Å². The second kappa shape index (κ2) is 8.08. The number of hydrogen-bond donors (Lipinski definition) is 2. The molecule has 0 bridgehead atoms. The zero-order valence-electron chi connectivity index (χ0n) is 13.8. The standard InChI is InChI=1S/C19H15Cl2N3O2/c1-26-15-7-5-13(6-8-15)23-14-9-12(10-22-11-14)19(25)24-17-4-2-3-16(20)18(17)21/h2-11,23H,1H3,(H,24,25). The molecular formula is C19H15Cl2N3O2. The largest absolute Gasteiger partial charge is 0.497 e. The van der Waals surface area contributed by atoms with Gasteiger partial charge in [-0.05, 0) is 42.5 Å². The van der Waals surface area contributed by atoms with Crippen molar-refractivity contribution in [3.05, 3.63) is 76.5 Å². The molecule has 1 amide bonds. The summed E-state index contributed by atoms with van der Waals surface area (Å²) in [4.78, 5) is 16.6. The van der Waals surface area contributed by atoms with Crippen molar-refractivity contribution < 1.29 is 9.53 Å². The molecule has 0 aliphatic rings. The minimum absolute atomic E-state index is 0.294. The Labute approximate surface area is 160 Å². The Bertz CT molecular complexity index is 930. The summed E-state index contributed by atoms with van der Waals surface area (Å²) in [6.45, 7) is 0. The molecule has 2 N–H and O–H groups in total. The number of halogens is 2. The lowest BCUT2D eigenvalue weighted by Crippen LogP contribution is -2.13. The summed E-state index contributed by atoms with van der Waals surface area (Å²) >= 11 is 12.1. The fourth-order valence-corrected chi connectivity index (χ4v) is 2.62. The van der Waals surface area contributed by atoms with Crippen molar-refractivity contribution in [2.24, 2.45) is 0 Å². The average Bonchev–Trinajstić information content (AvgIpc) is 2.66. The third-order valence-electron chi connectivity index (χ3n) is 3.58. The number of nitrogens with zero attached hydrogens (tertiary/aromatic N) is 1. The highest BCUT2D eigenvalue weighted by Gasteiger charge is 2.11. The van der Waals surface area contributed by atoms with Crippen LogP contribution in [0, 0.1) is 0 Å². The Hall–Kier alpha value is -2.76. The summed E-state index contributed by atoms with van der Waals surface area (Å²) in [5.41, 5.74) is 2.36. The van der Waals surface area contributed by atoms with Crippen LogP contribution in [-0.2, 0) is 0 Å². The number of carbonyl (C=O) groups is 1. The summed E-state index contributed by atoms with van der Waals surface area (Å²) in [7, 11) is 1.61. The van der Waals surface area contributed by atoms with E-state index in [0.29, 0.717) is 27.0 Å². The van der Waals surface area contributed by atoms with Crippen LogP contribution < -0.4 is 15.4 Å². The number of methoxy groups -OCH3 is 1. The van der Waals surface area contributed by atoms with Gasteiger partial charge in [-0.3, -0.25) is 9.78 Å². The normalized spacial score (nSPS) is 10.3. The molecule has 0 spiro atoms. The number of benzene rings is 2. The van der Waals surface area contributed by atoms with Crippen LogP contribution in [0.4, 0.5) is 17.1 Å². The van der Waals surface area contributed by atoms with Crippen molar-refractivity contribution in [3.63, 3.8) is 0 Å². The zero-order chi connectivity index (χ0) is 18.5. The summed E-state index contributed by atoms with van der Waals surface area (Å²) in [6.07, 6.45) is 3.11. The summed E-state index contributed by atoms with van der Waals surface area (Å²) in [5, 5.41) is 6.59. The van der Waals surface area contributed by atoms with E-state index in [9.17, 15) is 4.79 Å². The van der Waals surface area contributed by atoms with Gasteiger partial charge in [0.2, 0.25) is 0 Å². The number of rotatable bonds is 5. The van der Waals surface area contributed by atoms with Crippen molar-refractivity contribution >= 4 is 46.2 Å². The lowest BCUT2D eigenvalue weighted by atomic mass is 10.2. The predicted molar refractivity (Wildman–Crippen MR) is 105 cm³/mol. The van der Waals surface area contributed by atoms with E-state index in [0.717, 1.165) is 11.4 Å². The fraction of sp³-hybridized carbons (Fsp3) is 0.0526. The summed E-state index contributed by atoms with van der Waals surface area (Å²) in [5.74, 6) is 0.431. The molecular weight excluding hydrogens is 373 g/mol. The number of amides is 1. The maximum absolute atomic E-state index is 12.5. The third kappa shape index (κ3) is 4.25. The van der Waals surface area contributed by atoms with Gasteiger partial charge in [-0.15, -0.1) is 0 Å². The van der Waals surface area contributed by atoms with Crippen molar-refractivity contribution in [2.45, 2.75) is 0 Å². The number of aromatic nitrogens is 1. The van der Waals surface area contributed by atoms with Gasteiger partial charge in [0.25, 0.3) is 5.91 Å².